The van der Waals surface area contributed by atoms with E-state index in [2.05, 4.69) is 4.98 Å². The molecule has 0 aromatic carbocycles. The van der Waals surface area contributed by atoms with Gasteiger partial charge >= 0.3 is 0 Å². The maximum absolute atomic E-state index is 9.29. The summed E-state index contributed by atoms with van der Waals surface area (Å²) < 4.78 is 1.11. The van der Waals surface area contributed by atoms with Crippen LogP contribution in [0.1, 0.15) is 18.7 Å². The van der Waals surface area contributed by atoms with E-state index in [1.807, 2.05) is 26.0 Å². The van der Waals surface area contributed by atoms with Crippen LogP contribution in [0.25, 0.3) is 10.2 Å². The zero-order valence-corrected chi connectivity index (χ0v) is 10.2. The molecule has 0 bridgehead atoms. The van der Waals surface area contributed by atoms with Crippen molar-refractivity contribution >= 4 is 33.2 Å². The van der Waals surface area contributed by atoms with Crippen LogP contribution in [0.3, 0.4) is 0 Å². The van der Waals surface area contributed by atoms with Crippen LogP contribution in [0, 0.1) is 0 Å². The number of hydrogen-bond donors (Lipinski definition) is 1. The zero-order chi connectivity index (χ0) is 11.1. The summed E-state index contributed by atoms with van der Waals surface area (Å²) in [5.74, 6) is 0. The van der Waals surface area contributed by atoms with Gasteiger partial charge in [-0.25, -0.2) is 4.98 Å². The molecule has 0 saturated carbocycles. The fraction of sp³-hybridized carbons (Fsp3) is 0.364. The standard InChI is InChI=1S/C11H12ClNOS/c1-11(2,6-14)9-5-7-8(15-9)3-4-10(12)13-7/h3-5,14H,6H2,1-2H3. The van der Waals surface area contributed by atoms with E-state index >= 15 is 0 Å². The molecule has 1 N–H and O–H groups in total. The minimum Gasteiger partial charge on any atom is -0.395 e. The third kappa shape index (κ3) is 2.00. The van der Waals surface area contributed by atoms with E-state index in [1.165, 1.54) is 0 Å². The van der Waals surface area contributed by atoms with Crippen molar-refractivity contribution in [2.24, 2.45) is 0 Å². The highest BCUT2D eigenvalue weighted by Gasteiger charge is 2.22. The van der Waals surface area contributed by atoms with Gasteiger partial charge in [0.15, 0.2) is 0 Å². The van der Waals surface area contributed by atoms with E-state index in [4.69, 9.17) is 11.6 Å². The van der Waals surface area contributed by atoms with Gasteiger partial charge in [-0.1, -0.05) is 25.4 Å². The van der Waals surface area contributed by atoms with Gasteiger partial charge in [-0.05, 0) is 18.2 Å². The molecule has 2 rings (SSSR count). The normalized spacial score (nSPS) is 12.3. The molecular weight excluding hydrogens is 230 g/mol. The number of pyridine rings is 1. The van der Waals surface area contributed by atoms with Crippen molar-refractivity contribution in [3.63, 3.8) is 0 Å². The highest BCUT2D eigenvalue weighted by Crippen LogP contribution is 2.33. The molecule has 0 fully saturated rings. The Morgan fingerprint density at radius 3 is 2.87 bits per heavy atom. The summed E-state index contributed by atoms with van der Waals surface area (Å²) >= 11 is 7.48. The summed E-state index contributed by atoms with van der Waals surface area (Å²) in [4.78, 5) is 5.37. The number of nitrogens with zero attached hydrogens (tertiary/aromatic N) is 1. The number of aliphatic hydroxyl groups excluding tert-OH is 1. The average Bonchev–Trinajstić information content (AvgIpc) is 2.61. The second kappa shape index (κ2) is 3.74. The fourth-order valence-electron chi connectivity index (χ4n) is 1.31. The lowest BCUT2D eigenvalue weighted by Gasteiger charge is -2.18. The van der Waals surface area contributed by atoms with Crippen LogP contribution in [0.15, 0.2) is 18.2 Å². The number of aliphatic hydroxyl groups is 1. The first kappa shape index (κ1) is 10.9. The molecule has 0 aliphatic carbocycles. The van der Waals surface area contributed by atoms with Crippen LogP contribution in [-0.2, 0) is 5.41 Å². The smallest absolute Gasteiger partial charge is 0.129 e. The van der Waals surface area contributed by atoms with Gasteiger partial charge in [0.25, 0.3) is 0 Å². The number of rotatable bonds is 2. The predicted molar refractivity (Wildman–Crippen MR) is 64.7 cm³/mol. The van der Waals surface area contributed by atoms with Gasteiger partial charge in [-0.3, -0.25) is 0 Å². The first-order chi connectivity index (χ1) is 7.03. The lowest BCUT2D eigenvalue weighted by atomic mass is 9.93. The van der Waals surface area contributed by atoms with E-state index < -0.39 is 0 Å². The van der Waals surface area contributed by atoms with E-state index in [1.54, 1.807) is 17.4 Å². The predicted octanol–water partition coefficient (Wildman–Crippen LogP) is 3.22. The molecule has 0 aliphatic rings. The largest absolute Gasteiger partial charge is 0.395 e. The number of aromatic nitrogens is 1. The highest BCUT2D eigenvalue weighted by atomic mass is 35.5. The van der Waals surface area contributed by atoms with Crippen LogP contribution in [-0.4, -0.2) is 16.7 Å². The summed E-state index contributed by atoms with van der Waals surface area (Å²) in [5, 5.41) is 9.80. The summed E-state index contributed by atoms with van der Waals surface area (Å²) in [5.41, 5.74) is 0.696. The van der Waals surface area contributed by atoms with Crippen LogP contribution in [0.4, 0.5) is 0 Å². The quantitative estimate of drug-likeness (QED) is 0.819. The summed E-state index contributed by atoms with van der Waals surface area (Å²) in [7, 11) is 0. The SMILES string of the molecule is CC(C)(CO)c1cc2nc(Cl)ccc2s1. The van der Waals surface area contributed by atoms with Gasteiger partial charge in [0.1, 0.15) is 5.15 Å². The van der Waals surface area contributed by atoms with Gasteiger partial charge in [0, 0.05) is 10.3 Å². The Balaban J connectivity index is 2.56. The molecule has 0 unspecified atom stereocenters. The Morgan fingerprint density at radius 2 is 2.20 bits per heavy atom. The third-order valence-corrected chi connectivity index (χ3v) is 4.07. The molecule has 80 valence electrons. The Bertz CT molecular complexity index is 492. The molecular formula is C11H12ClNOS. The number of hydrogen-bond acceptors (Lipinski definition) is 3. The van der Waals surface area contributed by atoms with Gasteiger partial charge in [0.2, 0.25) is 0 Å². The van der Waals surface area contributed by atoms with Crippen molar-refractivity contribution in [2.75, 3.05) is 6.61 Å². The lowest BCUT2D eigenvalue weighted by Crippen LogP contribution is -2.20. The van der Waals surface area contributed by atoms with Crippen LogP contribution in [0.2, 0.25) is 5.15 Å². The molecule has 2 aromatic rings. The summed E-state index contributed by atoms with van der Waals surface area (Å²) in [6, 6.07) is 5.75. The third-order valence-electron chi connectivity index (χ3n) is 2.40. The second-order valence-electron chi connectivity index (χ2n) is 4.17. The summed E-state index contributed by atoms with van der Waals surface area (Å²) in [6.45, 7) is 4.16. The van der Waals surface area contributed by atoms with E-state index in [-0.39, 0.29) is 12.0 Å². The Kier molecular flexibility index (Phi) is 2.71. The lowest BCUT2D eigenvalue weighted by molar-refractivity contribution is 0.221. The average molecular weight is 242 g/mol. The Hall–Kier alpha value is -0.640. The Morgan fingerprint density at radius 1 is 1.47 bits per heavy atom. The maximum atomic E-state index is 9.29. The van der Waals surface area contributed by atoms with Crippen molar-refractivity contribution in [3.8, 4) is 0 Å². The zero-order valence-electron chi connectivity index (χ0n) is 8.62. The van der Waals surface area contributed by atoms with Crippen molar-refractivity contribution in [3.05, 3.63) is 28.2 Å². The van der Waals surface area contributed by atoms with Gasteiger partial charge in [0.05, 0.1) is 16.8 Å². The van der Waals surface area contributed by atoms with E-state index in [0.29, 0.717) is 5.15 Å². The molecule has 2 nitrogen and oxygen atoms in total. The van der Waals surface area contributed by atoms with Crippen molar-refractivity contribution in [1.29, 1.82) is 0 Å². The van der Waals surface area contributed by atoms with Gasteiger partial charge in [-0.15, -0.1) is 11.3 Å². The molecule has 0 aliphatic heterocycles. The molecule has 0 saturated heterocycles. The topological polar surface area (TPSA) is 33.1 Å². The number of fused-ring (bicyclic) bond motifs is 1. The fourth-order valence-corrected chi connectivity index (χ4v) is 2.56. The maximum Gasteiger partial charge on any atom is 0.129 e. The van der Waals surface area contributed by atoms with Crippen LogP contribution < -0.4 is 0 Å². The highest BCUT2D eigenvalue weighted by molar-refractivity contribution is 7.19. The van der Waals surface area contributed by atoms with Crippen LogP contribution in [0.5, 0.6) is 0 Å². The van der Waals surface area contributed by atoms with Crippen molar-refractivity contribution < 1.29 is 5.11 Å². The molecule has 0 spiro atoms. The first-order valence-electron chi connectivity index (χ1n) is 4.70. The molecule has 2 aromatic heterocycles. The molecule has 0 amide bonds. The van der Waals surface area contributed by atoms with E-state index in [9.17, 15) is 5.11 Å². The molecule has 0 atom stereocenters. The van der Waals surface area contributed by atoms with E-state index in [0.717, 1.165) is 15.1 Å². The molecule has 4 heteroatoms. The van der Waals surface area contributed by atoms with Crippen LogP contribution >= 0.6 is 22.9 Å². The van der Waals surface area contributed by atoms with Gasteiger partial charge < -0.3 is 5.11 Å². The molecule has 15 heavy (non-hydrogen) atoms. The monoisotopic (exact) mass is 241 g/mol. The minimum absolute atomic E-state index is 0.132. The van der Waals surface area contributed by atoms with Crippen molar-refractivity contribution in [2.45, 2.75) is 19.3 Å². The number of halogens is 1. The Labute approximate surface area is 97.5 Å². The molecule has 2 heterocycles. The van der Waals surface area contributed by atoms with Gasteiger partial charge in [-0.2, -0.15) is 0 Å². The molecule has 0 radical (unpaired) electrons. The first-order valence-corrected chi connectivity index (χ1v) is 5.90. The minimum atomic E-state index is -0.210. The van der Waals surface area contributed by atoms with Crippen molar-refractivity contribution in [1.82, 2.24) is 4.98 Å². The number of thiophene rings is 1. The summed E-state index contributed by atoms with van der Waals surface area (Å²) in [6.07, 6.45) is 0. The second-order valence-corrected chi connectivity index (χ2v) is 5.64.